The Bertz CT molecular complexity index is 1260. The van der Waals surface area contributed by atoms with E-state index < -0.39 is 0 Å². The molecule has 0 spiro atoms. The highest BCUT2D eigenvalue weighted by Gasteiger charge is 2.14. The van der Waals surface area contributed by atoms with Crippen molar-refractivity contribution < 1.29 is 9.53 Å². The summed E-state index contributed by atoms with van der Waals surface area (Å²) in [5.41, 5.74) is 13.0. The molecule has 6 nitrogen and oxygen atoms in total. The van der Waals surface area contributed by atoms with Crippen LogP contribution in [0.3, 0.4) is 0 Å². The number of nitrogens with zero attached hydrogens (tertiary/aromatic N) is 1. The first-order chi connectivity index (χ1) is 18.4. The fourth-order valence-corrected chi connectivity index (χ4v) is 4.13. The van der Waals surface area contributed by atoms with Crippen LogP contribution in [-0.4, -0.2) is 50.8 Å². The third kappa shape index (κ3) is 7.92. The summed E-state index contributed by atoms with van der Waals surface area (Å²) >= 11 is 0. The van der Waals surface area contributed by atoms with Gasteiger partial charge in [-0.15, -0.1) is 0 Å². The molecule has 38 heavy (non-hydrogen) atoms. The summed E-state index contributed by atoms with van der Waals surface area (Å²) < 4.78 is 5.97. The summed E-state index contributed by atoms with van der Waals surface area (Å²) in [6.07, 6.45) is 6.42. The van der Waals surface area contributed by atoms with Crippen molar-refractivity contribution in [1.29, 1.82) is 5.41 Å². The van der Waals surface area contributed by atoms with Crippen LogP contribution in [0.2, 0.25) is 0 Å². The molecule has 0 atom stereocenters. The van der Waals surface area contributed by atoms with Crippen LogP contribution in [0.5, 0.6) is 5.75 Å². The largest absolute Gasteiger partial charge is 0.494 e. The molecule has 4 N–H and O–H groups in total. The van der Waals surface area contributed by atoms with E-state index in [0.717, 1.165) is 41.8 Å². The van der Waals surface area contributed by atoms with Crippen LogP contribution < -0.4 is 15.8 Å². The van der Waals surface area contributed by atoms with E-state index in [2.05, 4.69) is 48.6 Å². The van der Waals surface area contributed by atoms with Crippen molar-refractivity contribution in [2.45, 2.75) is 19.8 Å². The third-order valence-electron chi connectivity index (χ3n) is 6.18. The second-order valence-electron chi connectivity index (χ2n) is 9.13. The standard InChI is InChI=1S/C32H38N4O2/c1-4-29(24-10-6-5-7-11-24)32(26-15-18-30(34)27(22-26)23-33)25-13-16-28(17-14-25)38-21-9-20-35-19-8-12-31(37)36(2)3/h5-8,10-18,22-23,33,35H,4,9,19-21,34H2,1-3H3. The maximum atomic E-state index is 11.5. The van der Waals surface area contributed by atoms with Crippen molar-refractivity contribution in [3.8, 4) is 5.75 Å². The summed E-state index contributed by atoms with van der Waals surface area (Å²) in [6, 6.07) is 24.5. The van der Waals surface area contributed by atoms with Crippen molar-refractivity contribution >= 4 is 29.0 Å². The minimum absolute atomic E-state index is 0.0158. The van der Waals surface area contributed by atoms with Gasteiger partial charge in [-0.25, -0.2) is 0 Å². The average Bonchev–Trinajstić information content (AvgIpc) is 2.94. The number of anilines is 1. The zero-order valence-electron chi connectivity index (χ0n) is 22.5. The first-order valence-electron chi connectivity index (χ1n) is 12.9. The average molecular weight is 511 g/mol. The molecule has 3 rings (SSSR count). The minimum Gasteiger partial charge on any atom is -0.494 e. The SMILES string of the molecule is CCC(=C(c1ccc(OCCCNCC=CC(=O)N(C)C)cc1)c1ccc(N)c(C=N)c1)c1ccccc1. The summed E-state index contributed by atoms with van der Waals surface area (Å²) in [5, 5.41) is 11.1. The second-order valence-corrected chi connectivity index (χ2v) is 9.13. The number of amides is 1. The Labute approximate surface area is 226 Å². The van der Waals surface area contributed by atoms with E-state index in [1.807, 2.05) is 42.5 Å². The molecule has 0 aliphatic rings. The molecule has 0 heterocycles. The van der Waals surface area contributed by atoms with Gasteiger partial charge in [-0.1, -0.05) is 61.5 Å². The number of rotatable bonds is 13. The lowest BCUT2D eigenvalue weighted by Crippen LogP contribution is -2.20. The first-order valence-corrected chi connectivity index (χ1v) is 12.9. The maximum Gasteiger partial charge on any atom is 0.245 e. The molecular formula is C32H38N4O2. The molecular weight excluding hydrogens is 472 g/mol. The molecule has 3 aromatic carbocycles. The smallest absolute Gasteiger partial charge is 0.245 e. The van der Waals surface area contributed by atoms with E-state index in [1.165, 1.54) is 17.4 Å². The number of nitrogens with one attached hydrogen (secondary N) is 2. The number of hydrogen-bond donors (Lipinski definition) is 3. The van der Waals surface area contributed by atoms with Crippen molar-refractivity contribution in [1.82, 2.24) is 10.2 Å². The monoisotopic (exact) mass is 510 g/mol. The number of likely N-dealkylation sites (N-methyl/N-ethyl adjacent to an activating group) is 1. The predicted molar refractivity (Wildman–Crippen MR) is 159 cm³/mol. The molecule has 1 amide bonds. The van der Waals surface area contributed by atoms with Crippen LogP contribution in [0.15, 0.2) is 84.9 Å². The van der Waals surface area contributed by atoms with Gasteiger partial charge in [-0.05, 0) is 71.5 Å². The summed E-state index contributed by atoms with van der Waals surface area (Å²) in [5.74, 6) is 0.804. The van der Waals surface area contributed by atoms with Gasteiger partial charge in [0.05, 0.1) is 6.61 Å². The molecule has 3 aromatic rings. The Morgan fingerprint density at radius 1 is 1.00 bits per heavy atom. The molecule has 6 heteroatoms. The van der Waals surface area contributed by atoms with E-state index in [4.69, 9.17) is 15.9 Å². The van der Waals surface area contributed by atoms with Gasteiger partial charge in [-0.3, -0.25) is 4.79 Å². The third-order valence-corrected chi connectivity index (χ3v) is 6.18. The lowest BCUT2D eigenvalue weighted by molar-refractivity contribution is -0.123. The highest BCUT2D eigenvalue weighted by molar-refractivity contribution is 6.00. The van der Waals surface area contributed by atoms with Crippen LogP contribution >= 0.6 is 0 Å². The van der Waals surface area contributed by atoms with E-state index in [-0.39, 0.29) is 5.91 Å². The molecule has 0 fully saturated rings. The zero-order chi connectivity index (χ0) is 27.3. The van der Waals surface area contributed by atoms with Gasteiger partial charge in [0.25, 0.3) is 0 Å². The van der Waals surface area contributed by atoms with Gasteiger partial charge < -0.3 is 26.1 Å². The minimum atomic E-state index is -0.0158. The number of allylic oxidation sites excluding steroid dienone is 1. The normalized spacial score (nSPS) is 11.8. The molecule has 0 aromatic heterocycles. The molecule has 0 saturated heterocycles. The lowest BCUT2D eigenvalue weighted by Gasteiger charge is -2.18. The van der Waals surface area contributed by atoms with Gasteiger partial charge in [0.2, 0.25) is 5.91 Å². The Morgan fingerprint density at radius 2 is 1.71 bits per heavy atom. The van der Waals surface area contributed by atoms with Crippen LogP contribution in [0.1, 0.15) is 42.0 Å². The molecule has 0 bridgehead atoms. The summed E-state index contributed by atoms with van der Waals surface area (Å²) in [7, 11) is 3.47. The Kier molecular flexibility index (Phi) is 10.9. The van der Waals surface area contributed by atoms with E-state index in [1.54, 1.807) is 25.1 Å². The summed E-state index contributed by atoms with van der Waals surface area (Å²) in [4.78, 5) is 13.1. The number of carbonyl (C=O) groups is 1. The van der Waals surface area contributed by atoms with Gasteiger partial charge in [0, 0.05) is 44.2 Å². The number of carbonyl (C=O) groups excluding carboxylic acids is 1. The lowest BCUT2D eigenvalue weighted by atomic mass is 9.87. The maximum absolute atomic E-state index is 11.5. The molecule has 0 saturated carbocycles. The number of nitrogens with two attached hydrogens (primary N) is 1. The predicted octanol–water partition coefficient (Wildman–Crippen LogP) is 5.64. The zero-order valence-corrected chi connectivity index (χ0v) is 22.5. The Hall–Kier alpha value is -4.16. The Morgan fingerprint density at radius 3 is 2.37 bits per heavy atom. The van der Waals surface area contributed by atoms with Gasteiger partial charge in [0.1, 0.15) is 5.75 Å². The molecule has 0 aliphatic carbocycles. The number of hydrogen-bond acceptors (Lipinski definition) is 5. The molecule has 0 unspecified atom stereocenters. The molecule has 0 aliphatic heterocycles. The summed E-state index contributed by atoms with van der Waals surface area (Å²) in [6.45, 7) is 4.21. The number of nitrogen functional groups attached to an aromatic ring is 1. The number of benzene rings is 3. The first kappa shape index (κ1) is 28.4. The molecule has 198 valence electrons. The van der Waals surface area contributed by atoms with Gasteiger partial charge >= 0.3 is 0 Å². The fourth-order valence-electron chi connectivity index (χ4n) is 4.13. The van der Waals surface area contributed by atoms with Crippen molar-refractivity contribution in [3.05, 3.63) is 107 Å². The van der Waals surface area contributed by atoms with Crippen LogP contribution in [-0.2, 0) is 4.79 Å². The van der Waals surface area contributed by atoms with Gasteiger partial charge in [0.15, 0.2) is 0 Å². The Balaban J connectivity index is 1.72. The van der Waals surface area contributed by atoms with Crippen molar-refractivity contribution in [2.75, 3.05) is 39.5 Å². The highest BCUT2D eigenvalue weighted by atomic mass is 16.5. The fraction of sp³-hybridized carbons (Fsp3) is 0.250. The van der Waals surface area contributed by atoms with Crippen molar-refractivity contribution in [2.24, 2.45) is 0 Å². The molecule has 0 radical (unpaired) electrons. The number of ether oxygens (including phenoxy) is 1. The van der Waals surface area contributed by atoms with Crippen LogP contribution in [0.25, 0.3) is 11.1 Å². The van der Waals surface area contributed by atoms with E-state index in [9.17, 15) is 4.79 Å². The second kappa shape index (κ2) is 14.5. The highest BCUT2D eigenvalue weighted by Crippen LogP contribution is 2.35. The van der Waals surface area contributed by atoms with Crippen molar-refractivity contribution in [3.63, 3.8) is 0 Å². The van der Waals surface area contributed by atoms with E-state index in [0.29, 0.717) is 24.4 Å². The van der Waals surface area contributed by atoms with E-state index >= 15 is 0 Å². The topological polar surface area (TPSA) is 91.4 Å². The van der Waals surface area contributed by atoms with Gasteiger partial charge in [-0.2, -0.15) is 0 Å². The van der Waals surface area contributed by atoms with Crippen LogP contribution in [0, 0.1) is 5.41 Å². The van der Waals surface area contributed by atoms with Crippen LogP contribution in [0.4, 0.5) is 5.69 Å². The quantitative estimate of drug-likeness (QED) is 0.0913.